The first-order chi connectivity index (χ1) is 14.9. The van der Waals surface area contributed by atoms with E-state index >= 15 is 0 Å². The Morgan fingerprint density at radius 3 is 2.39 bits per heavy atom. The lowest BCUT2D eigenvalue weighted by atomic mass is 10.3. The summed E-state index contributed by atoms with van der Waals surface area (Å²) in [6, 6.07) is 10.6. The second-order valence-corrected chi connectivity index (χ2v) is 7.40. The smallest absolute Gasteiger partial charge is 0.235 e. The fourth-order valence-electron chi connectivity index (χ4n) is 2.84. The van der Waals surface area contributed by atoms with Crippen molar-refractivity contribution >= 4 is 23.4 Å². The zero-order valence-electron chi connectivity index (χ0n) is 17.3. The number of amides is 1. The SMILES string of the molecule is CCn1c(SCC(=O)Nc2c(F)cccc2F)nnc1C(C)Oc1ccc(OC)cc1. The van der Waals surface area contributed by atoms with Crippen molar-refractivity contribution in [3.63, 3.8) is 0 Å². The average molecular weight is 448 g/mol. The molecule has 0 saturated carbocycles. The minimum atomic E-state index is -0.832. The van der Waals surface area contributed by atoms with E-state index in [9.17, 15) is 13.6 Å². The number of hydrogen-bond acceptors (Lipinski definition) is 6. The lowest BCUT2D eigenvalue weighted by Crippen LogP contribution is -2.17. The van der Waals surface area contributed by atoms with Crippen LogP contribution in [0.3, 0.4) is 0 Å². The van der Waals surface area contributed by atoms with Crippen molar-refractivity contribution in [2.24, 2.45) is 0 Å². The molecule has 0 fully saturated rings. The van der Waals surface area contributed by atoms with Gasteiger partial charge in [0.2, 0.25) is 5.91 Å². The highest BCUT2D eigenvalue weighted by atomic mass is 32.2. The molecule has 164 valence electrons. The van der Waals surface area contributed by atoms with Crippen LogP contribution in [-0.4, -0.2) is 33.5 Å². The minimum absolute atomic E-state index is 0.0837. The zero-order chi connectivity index (χ0) is 22.4. The number of ether oxygens (including phenoxy) is 2. The van der Waals surface area contributed by atoms with Crippen molar-refractivity contribution in [2.45, 2.75) is 31.7 Å². The molecule has 31 heavy (non-hydrogen) atoms. The maximum absolute atomic E-state index is 13.7. The Labute approximate surface area is 182 Å². The maximum atomic E-state index is 13.7. The van der Waals surface area contributed by atoms with E-state index in [1.165, 1.54) is 6.07 Å². The maximum Gasteiger partial charge on any atom is 0.235 e. The molecular formula is C21H22F2N4O3S. The Morgan fingerprint density at radius 1 is 1.13 bits per heavy atom. The first kappa shape index (κ1) is 22.5. The normalized spacial score (nSPS) is 11.8. The molecule has 1 atom stereocenters. The van der Waals surface area contributed by atoms with Gasteiger partial charge in [-0.1, -0.05) is 17.8 Å². The van der Waals surface area contributed by atoms with Gasteiger partial charge in [-0.15, -0.1) is 10.2 Å². The molecule has 10 heteroatoms. The van der Waals surface area contributed by atoms with E-state index < -0.39 is 29.3 Å². The van der Waals surface area contributed by atoms with Gasteiger partial charge in [0.05, 0.1) is 12.9 Å². The molecular weight excluding hydrogens is 426 g/mol. The third kappa shape index (κ3) is 5.52. The number of rotatable bonds is 9. The summed E-state index contributed by atoms with van der Waals surface area (Å²) in [4.78, 5) is 12.2. The first-order valence-corrected chi connectivity index (χ1v) is 10.5. The van der Waals surface area contributed by atoms with Crippen molar-refractivity contribution in [2.75, 3.05) is 18.2 Å². The van der Waals surface area contributed by atoms with Crippen LogP contribution in [0.4, 0.5) is 14.5 Å². The number of carbonyl (C=O) groups is 1. The summed E-state index contributed by atoms with van der Waals surface area (Å²) in [5.41, 5.74) is -0.465. The van der Waals surface area contributed by atoms with Gasteiger partial charge in [-0.25, -0.2) is 8.78 Å². The number of hydrogen-bond donors (Lipinski definition) is 1. The average Bonchev–Trinajstić information content (AvgIpc) is 3.18. The monoisotopic (exact) mass is 448 g/mol. The lowest BCUT2D eigenvalue weighted by Gasteiger charge is -2.16. The predicted molar refractivity (Wildman–Crippen MR) is 113 cm³/mol. The van der Waals surface area contributed by atoms with Crippen LogP contribution in [0.5, 0.6) is 11.5 Å². The highest BCUT2D eigenvalue weighted by Gasteiger charge is 2.20. The van der Waals surface area contributed by atoms with Gasteiger partial charge in [-0.3, -0.25) is 4.79 Å². The molecule has 0 aliphatic rings. The lowest BCUT2D eigenvalue weighted by molar-refractivity contribution is -0.113. The number of aromatic nitrogens is 3. The molecule has 2 aromatic carbocycles. The molecule has 0 aliphatic heterocycles. The fraction of sp³-hybridized carbons (Fsp3) is 0.286. The Balaban J connectivity index is 1.64. The molecule has 0 bridgehead atoms. The van der Waals surface area contributed by atoms with Crippen molar-refractivity contribution in [3.05, 3.63) is 59.9 Å². The predicted octanol–water partition coefficient (Wildman–Crippen LogP) is 4.46. The van der Waals surface area contributed by atoms with Gasteiger partial charge in [0.1, 0.15) is 28.8 Å². The van der Waals surface area contributed by atoms with E-state index in [2.05, 4.69) is 15.5 Å². The molecule has 0 radical (unpaired) electrons. The van der Waals surface area contributed by atoms with E-state index in [0.29, 0.717) is 23.3 Å². The second kappa shape index (κ2) is 10.3. The van der Waals surface area contributed by atoms with Gasteiger partial charge < -0.3 is 19.4 Å². The fourth-order valence-corrected chi connectivity index (χ4v) is 3.65. The zero-order valence-corrected chi connectivity index (χ0v) is 18.1. The van der Waals surface area contributed by atoms with Crippen LogP contribution in [-0.2, 0) is 11.3 Å². The van der Waals surface area contributed by atoms with Gasteiger partial charge in [-0.2, -0.15) is 0 Å². The summed E-state index contributed by atoms with van der Waals surface area (Å²) in [6.45, 7) is 4.33. The van der Waals surface area contributed by atoms with Crippen molar-refractivity contribution in [1.29, 1.82) is 0 Å². The Kier molecular flexibility index (Phi) is 7.45. The molecule has 0 aliphatic carbocycles. The van der Waals surface area contributed by atoms with Crippen LogP contribution in [0.2, 0.25) is 0 Å². The highest BCUT2D eigenvalue weighted by Crippen LogP contribution is 2.26. The highest BCUT2D eigenvalue weighted by molar-refractivity contribution is 7.99. The third-order valence-electron chi connectivity index (χ3n) is 4.36. The van der Waals surface area contributed by atoms with E-state index in [4.69, 9.17) is 9.47 Å². The Bertz CT molecular complexity index is 1020. The van der Waals surface area contributed by atoms with Crippen LogP contribution in [0.25, 0.3) is 0 Å². The summed E-state index contributed by atoms with van der Waals surface area (Å²) in [6.07, 6.45) is -0.392. The molecule has 1 heterocycles. The molecule has 1 amide bonds. The van der Waals surface area contributed by atoms with E-state index in [0.717, 1.165) is 29.6 Å². The van der Waals surface area contributed by atoms with Gasteiger partial charge in [0.15, 0.2) is 17.1 Å². The van der Waals surface area contributed by atoms with Gasteiger partial charge in [0, 0.05) is 6.54 Å². The number of anilines is 1. The van der Waals surface area contributed by atoms with Crippen LogP contribution in [0, 0.1) is 11.6 Å². The van der Waals surface area contributed by atoms with Crippen molar-refractivity contribution < 1.29 is 23.0 Å². The number of halogens is 2. The van der Waals surface area contributed by atoms with Crippen LogP contribution < -0.4 is 14.8 Å². The Morgan fingerprint density at radius 2 is 1.77 bits per heavy atom. The summed E-state index contributed by atoms with van der Waals surface area (Å²) in [5.74, 6) is -0.322. The standard InChI is InChI=1S/C21H22F2N4O3S/c1-4-27-20(13(2)30-15-10-8-14(29-3)9-11-15)25-26-21(27)31-12-18(28)24-19-16(22)6-5-7-17(19)23/h5-11,13H,4,12H2,1-3H3,(H,24,28). The quantitative estimate of drug-likeness (QED) is 0.487. The number of thioether (sulfide) groups is 1. The molecule has 3 rings (SSSR count). The number of nitrogens with zero attached hydrogens (tertiary/aromatic N) is 3. The molecule has 1 unspecified atom stereocenters. The summed E-state index contributed by atoms with van der Waals surface area (Å²) in [5, 5.41) is 11.1. The second-order valence-electron chi connectivity index (χ2n) is 6.45. The molecule has 0 spiro atoms. The van der Waals surface area contributed by atoms with E-state index in [1.807, 2.05) is 18.4 Å². The number of benzene rings is 2. The first-order valence-electron chi connectivity index (χ1n) is 9.53. The molecule has 7 nitrogen and oxygen atoms in total. The molecule has 1 N–H and O–H groups in total. The summed E-state index contributed by atoms with van der Waals surface area (Å²) >= 11 is 1.12. The number of nitrogens with one attached hydrogen (secondary N) is 1. The van der Waals surface area contributed by atoms with Crippen LogP contribution in [0.1, 0.15) is 25.8 Å². The van der Waals surface area contributed by atoms with Crippen LogP contribution in [0.15, 0.2) is 47.6 Å². The van der Waals surface area contributed by atoms with Gasteiger partial charge in [-0.05, 0) is 50.2 Å². The van der Waals surface area contributed by atoms with Crippen LogP contribution >= 0.6 is 11.8 Å². The molecule has 1 aromatic heterocycles. The van der Waals surface area contributed by atoms with E-state index in [1.54, 1.807) is 31.4 Å². The third-order valence-corrected chi connectivity index (χ3v) is 5.32. The number of methoxy groups -OCH3 is 1. The number of carbonyl (C=O) groups excluding carboxylic acids is 1. The topological polar surface area (TPSA) is 78.3 Å². The van der Waals surface area contributed by atoms with Crippen molar-refractivity contribution in [1.82, 2.24) is 14.8 Å². The Hall–Kier alpha value is -3.14. The largest absolute Gasteiger partial charge is 0.497 e. The number of para-hydroxylation sites is 1. The van der Waals surface area contributed by atoms with E-state index in [-0.39, 0.29) is 5.75 Å². The van der Waals surface area contributed by atoms with Gasteiger partial charge >= 0.3 is 0 Å². The van der Waals surface area contributed by atoms with Crippen molar-refractivity contribution in [3.8, 4) is 11.5 Å². The summed E-state index contributed by atoms with van der Waals surface area (Å²) < 4.78 is 40.3. The van der Waals surface area contributed by atoms with Gasteiger partial charge in [0.25, 0.3) is 0 Å². The summed E-state index contributed by atoms with van der Waals surface area (Å²) in [7, 11) is 1.59. The molecule has 3 aromatic rings. The molecule has 0 saturated heterocycles. The minimum Gasteiger partial charge on any atom is -0.497 e.